The summed E-state index contributed by atoms with van der Waals surface area (Å²) in [6, 6.07) is 23.2. The zero-order valence-corrected chi connectivity index (χ0v) is 24.2. The van der Waals surface area contributed by atoms with Crippen molar-refractivity contribution >= 4 is 34.2 Å². The van der Waals surface area contributed by atoms with E-state index in [1.807, 2.05) is 55.5 Å². The second kappa shape index (κ2) is 13.7. The number of Topliss-reactive ketones (excluding diaryl/α,β-unsaturated/α-hetero) is 1. The molecule has 0 bridgehead atoms. The van der Waals surface area contributed by atoms with Gasteiger partial charge in [0.05, 0.1) is 6.04 Å². The highest BCUT2D eigenvalue weighted by molar-refractivity contribution is 5.98. The monoisotopic (exact) mass is 550 g/mol. The zero-order chi connectivity index (χ0) is 29.4. The molecule has 4 aromatic rings. The number of pyridine rings is 1. The number of fused-ring (bicyclic) bond motifs is 1. The van der Waals surface area contributed by atoms with E-state index in [1.165, 1.54) is 23.3 Å². The lowest BCUT2D eigenvalue weighted by atomic mass is 9.93. The normalized spacial score (nSPS) is 12.4. The Labute approximate surface area is 241 Å². The van der Waals surface area contributed by atoms with Crippen LogP contribution in [0, 0.1) is 13.8 Å². The van der Waals surface area contributed by atoms with Gasteiger partial charge in [0.1, 0.15) is 17.6 Å². The van der Waals surface area contributed by atoms with Crippen LogP contribution < -0.4 is 16.0 Å². The third kappa shape index (κ3) is 8.01. The fourth-order valence-electron chi connectivity index (χ4n) is 4.91. The van der Waals surface area contributed by atoms with Crippen LogP contribution in [0.25, 0.3) is 21.9 Å². The molecule has 0 saturated carbocycles. The van der Waals surface area contributed by atoms with Gasteiger partial charge in [-0.15, -0.1) is 0 Å². The summed E-state index contributed by atoms with van der Waals surface area (Å²) in [7, 11) is 0. The maximum atomic E-state index is 13.0. The minimum absolute atomic E-state index is 0.0313. The molecule has 4 rings (SSSR count). The van der Waals surface area contributed by atoms with Gasteiger partial charge in [0.15, 0.2) is 0 Å². The van der Waals surface area contributed by atoms with Crippen molar-refractivity contribution < 1.29 is 14.4 Å². The largest absolute Gasteiger partial charge is 0.370 e. The number of amides is 2. The van der Waals surface area contributed by atoms with Crippen LogP contribution in [0.15, 0.2) is 79.0 Å². The van der Waals surface area contributed by atoms with Crippen molar-refractivity contribution in [1.29, 1.82) is 0 Å². The smallest absolute Gasteiger partial charge is 0.242 e. The van der Waals surface area contributed by atoms with Crippen molar-refractivity contribution in [1.82, 2.24) is 15.6 Å². The van der Waals surface area contributed by atoms with E-state index in [0.717, 1.165) is 28.1 Å². The SMILES string of the molecule is CC(=O)C[C@H](NC(=O)[C@H](C)NC(=O)CCCNc1cc(C)ccn1)c1ccc(-c2ccc(C)c3ccccc23)cc1. The summed E-state index contributed by atoms with van der Waals surface area (Å²) in [6.45, 7) is 7.86. The lowest BCUT2D eigenvalue weighted by Gasteiger charge is -2.22. The van der Waals surface area contributed by atoms with Crippen molar-refractivity contribution in [2.75, 3.05) is 11.9 Å². The Balaban J connectivity index is 1.35. The Morgan fingerprint density at radius 3 is 2.32 bits per heavy atom. The van der Waals surface area contributed by atoms with E-state index in [1.54, 1.807) is 13.1 Å². The Morgan fingerprint density at radius 1 is 0.878 bits per heavy atom. The van der Waals surface area contributed by atoms with Gasteiger partial charge in [0, 0.05) is 25.6 Å². The molecule has 212 valence electrons. The summed E-state index contributed by atoms with van der Waals surface area (Å²) in [6.07, 6.45) is 2.79. The minimum Gasteiger partial charge on any atom is -0.370 e. The molecule has 2 amide bonds. The predicted molar refractivity (Wildman–Crippen MR) is 165 cm³/mol. The number of aromatic nitrogens is 1. The topological polar surface area (TPSA) is 100 Å². The number of benzene rings is 3. The van der Waals surface area contributed by atoms with Crippen LogP contribution in [0.5, 0.6) is 0 Å². The molecule has 3 aromatic carbocycles. The van der Waals surface area contributed by atoms with E-state index >= 15 is 0 Å². The molecule has 0 aliphatic heterocycles. The molecule has 1 heterocycles. The highest BCUT2D eigenvalue weighted by Gasteiger charge is 2.22. The first-order chi connectivity index (χ1) is 19.7. The molecule has 7 nitrogen and oxygen atoms in total. The molecular weight excluding hydrogens is 512 g/mol. The second-order valence-electron chi connectivity index (χ2n) is 10.6. The first-order valence-corrected chi connectivity index (χ1v) is 14.1. The number of hydrogen-bond donors (Lipinski definition) is 3. The Morgan fingerprint density at radius 2 is 1.61 bits per heavy atom. The van der Waals surface area contributed by atoms with Crippen LogP contribution in [0.4, 0.5) is 5.82 Å². The number of nitrogens with one attached hydrogen (secondary N) is 3. The molecule has 2 atom stereocenters. The number of ketones is 1. The minimum atomic E-state index is -0.735. The molecule has 0 fully saturated rings. The summed E-state index contributed by atoms with van der Waals surface area (Å²) in [5, 5.41) is 11.3. The summed E-state index contributed by atoms with van der Waals surface area (Å²) >= 11 is 0. The maximum absolute atomic E-state index is 13.0. The molecule has 3 N–H and O–H groups in total. The average molecular weight is 551 g/mol. The summed E-state index contributed by atoms with van der Waals surface area (Å²) in [4.78, 5) is 41.8. The number of carbonyl (C=O) groups excluding carboxylic acids is 3. The Hall–Kier alpha value is -4.52. The highest BCUT2D eigenvalue weighted by Crippen LogP contribution is 2.31. The van der Waals surface area contributed by atoms with Gasteiger partial charge in [-0.3, -0.25) is 14.4 Å². The van der Waals surface area contributed by atoms with Gasteiger partial charge in [-0.05, 0) is 84.8 Å². The van der Waals surface area contributed by atoms with Gasteiger partial charge in [-0.25, -0.2) is 4.98 Å². The van der Waals surface area contributed by atoms with E-state index in [4.69, 9.17) is 0 Å². The van der Waals surface area contributed by atoms with E-state index in [-0.39, 0.29) is 30.4 Å². The van der Waals surface area contributed by atoms with Crippen molar-refractivity contribution in [2.45, 2.75) is 59.0 Å². The number of nitrogens with zero attached hydrogens (tertiary/aromatic N) is 1. The van der Waals surface area contributed by atoms with E-state index in [0.29, 0.717) is 13.0 Å². The molecule has 0 unspecified atom stereocenters. The highest BCUT2D eigenvalue weighted by atomic mass is 16.2. The van der Waals surface area contributed by atoms with Gasteiger partial charge in [0.25, 0.3) is 0 Å². The van der Waals surface area contributed by atoms with E-state index in [2.05, 4.69) is 52.1 Å². The molecule has 7 heteroatoms. The standard InChI is InChI=1S/C34H38N4O3/c1-22-17-19-36-32(20-22)35-18-7-10-33(40)37-25(4)34(41)38-31(21-24(3)39)27-14-12-26(13-15-27)29-16-11-23(2)28-8-5-6-9-30(28)29/h5-6,8-9,11-17,19-20,25,31H,7,10,18,21H2,1-4H3,(H,35,36)(H,37,40)(H,38,41)/t25-,31-/m0/s1. The maximum Gasteiger partial charge on any atom is 0.242 e. The molecule has 41 heavy (non-hydrogen) atoms. The zero-order valence-electron chi connectivity index (χ0n) is 24.2. The van der Waals surface area contributed by atoms with Gasteiger partial charge >= 0.3 is 0 Å². The number of carbonyl (C=O) groups is 3. The first-order valence-electron chi connectivity index (χ1n) is 14.1. The number of rotatable bonds is 12. The van der Waals surface area contributed by atoms with Crippen molar-refractivity contribution in [2.24, 2.45) is 0 Å². The predicted octanol–water partition coefficient (Wildman–Crippen LogP) is 6.05. The molecule has 0 aliphatic carbocycles. The number of hydrogen-bond acceptors (Lipinski definition) is 5. The molecule has 0 radical (unpaired) electrons. The van der Waals surface area contributed by atoms with Crippen molar-refractivity contribution in [3.05, 3.63) is 95.7 Å². The van der Waals surface area contributed by atoms with Crippen molar-refractivity contribution in [3.8, 4) is 11.1 Å². The van der Waals surface area contributed by atoms with Gasteiger partial charge in [-0.2, -0.15) is 0 Å². The summed E-state index contributed by atoms with van der Waals surface area (Å²) in [5.74, 6) is 0.204. The van der Waals surface area contributed by atoms with Crippen LogP contribution >= 0.6 is 0 Å². The van der Waals surface area contributed by atoms with Crippen LogP contribution in [-0.2, 0) is 14.4 Å². The van der Waals surface area contributed by atoms with E-state index < -0.39 is 12.1 Å². The van der Waals surface area contributed by atoms with Gasteiger partial charge in [-0.1, -0.05) is 60.7 Å². The first kappa shape index (κ1) is 29.5. The van der Waals surface area contributed by atoms with Gasteiger partial charge < -0.3 is 16.0 Å². The van der Waals surface area contributed by atoms with Crippen molar-refractivity contribution in [3.63, 3.8) is 0 Å². The number of anilines is 1. The number of aryl methyl sites for hydroxylation is 2. The summed E-state index contributed by atoms with van der Waals surface area (Å²) in [5.41, 5.74) is 5.36. The molecular formula is C34H38N4O3. The van der Waals surface area contributed by atoms with Gasteiger partial charge in [0.2, 0.25) is 11.8 Å². The van der Waals surface area contributed by atoms with Crippen LogP contribution in [0.1, 0.15) is 55.8 Å². The third-order valence-corrected chi connectivity index (χ3v) is 7.15. The Bertz CT molecular complexity index is 1530. The summed E-state index contributed by atoms with van der Waals surface area (Å²) < 4.78 is 0. The van der Waals surface area contributed by atoms with Crippen LogP contribution in [0.2, 0.25) is 0 Å². The molecule has 0 spiro atoms. The fourth-order valence-corrected chi connectivity index (χ4v) is 4.91. The molecule has 0 aliphatic rings. The quantitative estimate of drug-likeness (QED) is 0.186. The molecule has 0 saturated heterocycles. The second-order valence-corrected chi connectivity index (χ2v) is 10.6. The molecule has 1 aromatic heterocycles. The lowest BCUT2D eigenvalue weighted by Crippen LogP contribution is -2.46. The van der Waals surface area contributed by atoms with Crippen LogP contribution in [-0.4, -0.2) is 35.2 Å². The third-order valence-electron chi connectivity index (χ3n) is 7.15. The Kier molecular flexibility index (Phi) is 9.85. The van der Waals surface area contributed by atoms with E-state index in [9.17, 15) is 14.4 Å². The fraction of sp³-hybridized carbons (Fsp3) is 0.294. The lowest BCUT2D eigenvalue weighted by molar-refractivity contribution is -0.129. The van der Waals surface area contributed by atoms with Crippen LogP contribution in [0.3, 0.4) is 0 Å². The average Bonchev–Trinajstić information content (AvgIpc) is 2.95.